The van der Waals surface area contributed by atoms with Gasteiger partial charge < -0.3 is 5.32 Å². The van der Waals surface area contributed by atoms with E-state index in [1.807, 2.05) is 43.5 Å². The van der Waals surface area contributed by atoms with Gasteiger partial charge in [0.15, 0.2) is 9.84 Å². The quantitative estimate of drug-likeness (QED) is 0.650. The molecule has 1 unspecified atom stereocenters. The number of para-hydroxylation sites is 1. The van der Waals surface area contributed by atoms with Crippen molar-refractivity contribution in [3.63, 3.8) is 0 Å². The standard InChI is InChI=1S/C20H21N5O3S/c1-15-11-19(25(23-15)18-9-10-29(27,28)14-18)22-20(26)8-7-16-12-21-24(13-16)17-5-3-2-4-6-17/h2-8,11-13,18H,9-10,14H2,1H3,(H,22,26)/b8-7+. The normalized spacial score (nSPS) is 18.3. The second kappa shape index (κ2) is 7.67. The van der Waals surface area contributed by atoms with E-state index < -0.39 is 9.84 Å². The van der Waals surface area contributed by atoms with Crippen LogP contribution in [0.25, 0.3) is 11.8 Å². The molecule has 1 aliphatic heterocycles. The van der Waals surface area contributed by atoms with E-state index in [0.717, 1.165) is 16.9 Å². The molecule has 0 saturated carbocycles. The molecule has 1 aromatic carbocycles. The lowest BCUT2D eigenvalue weighted by Crippen LogP contribution is -2.18. The van der Waals surface area contributed by atoms with Gasteiger partial charge in [-0.25, -0.2) is 17.8 Å². The fourth-order valence-electron chi connectivity index (χ4n) is 3.34. The number of carbonyl (C=O) groups is 1. The van der Waals surface area contributed by atoms with Crippen LogP contribution in [0.4, 0.5) is 5.82 Å². The fourth-order valence-corrected chi connectivity index (χ4v) is 5.03. The minimum atomic E-state index is -3.04. The summed E-state index contributed by atoms with van der Waals surface area (Å²) in [6.07, 6.45) is 7.10. The average molecular weight is 411 g/mol. The Bertz CT molecular complexity index is 1160. The topological polar surface area (TPSA) is 98.9 Å². The van der Waals surface area contributed by atoms with E-state index in [-0.39, 0.29) is 23.5 Å². The van der Waals surface area contributed by atoms with E-state index in [0.29, 0.717) is 12.2 Å². The Hall–Kier alpha value is -3.20. The highest BCUT2D eigenvalue weighted by atomic mass is 32.2. The summed E-state index contributed by atoms with van der Waals surface area (Å²) in [4.78, 5) is 12.4. The number of hydrogen-bond acceptors (Lipinski definition) is 5. The summed E-state index contributed by atoms with van der Waals surface area (Å²) < 4.78 is 26.9. The zero-order valence-electron chi connectivity index (χ0n) is 15.9. The lowest BCUT2D eigenvalue weighted by Gasteiger charge is -2.13. The van der Waals surface area contributed by atoms with Crippen LogP contribution in [-0.2, 0) is 14.6 Å². The number of nitrogens with zero attached hydrogens (tertiary/aromatic N) is 4. The Morgan fingerprint density at radius 3 is 2.79 bits per heavy atom. The van der Waals surface area contributed by atoms with Crippen LogP contribution < -0.4 is 5.32 Å². The van der Waals surface area contributed by atoms with E-state index in [2.05, 4.69) is 15.5 Å². The van der Waals surface area contributed by atoms with Crippen LogP contribution in [0, 0.1) is 6.92 Å². The van der Waals surface area contributed by atoms with E-state index in [1.54, 1.807) is 27.7 Å². The van der Waals surface area contributed by atoms with Crippen molar-refractivity contribution in [3.8, 4) is 5.69 Å². The predicted molar refractivity (Wildman–Crippen MR) is 110 cm³/mol. The molecule has 3 heterocycles. The molecule has 0 aliphatic carbocycles. The molecule has 2 aromatic heterocycles. The smallest absolute Gasteiger partial charge is 0.249 e. The number of nitrogens with one attached hydrogen (secondary N) is 1. The van der Waals surface area contributed by atoms with Crippen molar-refractivity contribution in [3.05, 3.63) is 66.1 Å². The molecule has 3 aromatic rings. The van der Waals surface area contributed by atoms with Crippen LogP contribution in [-0.4, -0.2) is 45.4 Å². The van der Waals surface area contributed by atoms with E-state index >= 15 is 0 Å². The largest absolute Gasteiger partial charge is 0.307 e. The number of aromatic nitrogens is 4. The molecule has 1 aliphatic rings. The molecule has 8 nitrogen and oxygen atoms in total. The van der Waals surface area contributed by atoms with Gasteiger partial charge in [-0.3, -0.25) is 4.79 Å². The summed E-state index contributed by atoms with van der Waals surface area (Å²) >= 11 is 0. The molecule has 29 heavy (non-hydrogen) atoms. The van der Waals surface area contributed by atoms with Crippen molar-refractivity contribution in [2.45, 2.75) is 19.4 Å². The van der Waals surface area contributed by atoms with Crippen molar-refractivity contribution in [1.29, 1.82) is 0 Å². The van der Waals surface area contributed by atoms with Crippen LogP contribution in [0.3, 0.4) is 0 Å². The Morgan fingerprint density at radius 2 is 2.07 bits per heavy atom. The Labute approximate surface area is 168 Å². The van der Waals surface area contributed by atoms with Crippen LogP contribution in [0.1, 0.15) is 23.7 Å². The van der Waals surface area contributed by atoms with Gasteiger partial charge in [0, 0.05) is 23.9 Å². The maximum Gasteiger partial charge on any atom is 0.249 e. The lowest BCUT2D eigenvalue weighted by atomic mass is 10.3. The second-order valence-electron chi connectivity index (χ2n) is 7.05. The van der Waals surface area contributed by atoms with Gasteiger partial charge in [-0.05, 0) is 31.6 Å². The first kappa shape index (κ1) is 19.1. The summed E-state index contributed by atoms with van der Waals surface area (Å²) in [5.74, 6) is 0.375. The SMILES string of the molecule is Cc1cc(NC(=O)/C=C/c2cnn(-c3ccccc3)c2)n(C2CCS(=O)(=O)C2)n1. The van der Waals surface area contributed by atoms with E-state index in [9.17, 15) is 13.2 Å². The molecule has 0 spiro atoms. The van der Waals surface area contributed by atoms with Gasteiger partial charge in [-0.2, -0.15) is 10.2 Å². The molecular weight excluding hydrogens is 390 g/mol. The minimum Gasteiger partial charge on any atom is -0.307 e. The molecule has 4 rings (SSSR count). The molecule has 0 bridgehead atoms. The third kappa shape index (κ3) is 4.45. The highest BCUT2D eigenvalue weighted by Gasteiger charge is 2.31. The summed E-state index contributed by atoms with van der Waals surface area (Å²) in [6, 6.07) is 11.2. The Kier molecular flexibility index (Phi) is 5.06. The predicted octanol–water partition coefficient (Wildman–Crippen LogP) is 2.39. The molecule has 0 radical (unpaired) electrons. The maximum absolute atomic E-state index is 12.4. The zero-order valence-corrected chi connectivity index (χ0v) is 16.7. The van der Waals surface area contributed by atoms with Crippen molar-refractivity contribution >= 4 is 27.6 Å². The summed E-state index contributed by atoms with van der Waals surface area (Å²) in [6.45, 7) is 1.81. The minimum absolute atomic E-state index is 0.0471. The third-order valence-electron chi connectivity index (χ3n) is 4.71. The number of amides is 1. The summed E-state index contributed by atoms with van der Waals surface area (Å²) in [7, 11) is -3.04. The van der Waals surface area contributed by atoms with Gasteiger partial charge in [0.2, 0.25) is 5.91 Å². The number of sulfone groups is 1. The highest BCUT2D eigenvalue weighted by Crippen LogP contribution is 2.27. The molecule has 1 N–H and O–H groups in total. The number of aryl methyl sites for hydroxylation is 1. The highest BCUT2D eigenvalue weighted by molar-refractivity contribution is 7.91. The maximum atomic E-state index is 12.4. The third-order valence-corrected chi connectivity index (χ3v) is 6.46. The number of carbonyl (C=O) groups excluding carboxylic acids is 1. The van der Waals surface area contributed by atoms with Gasteiger partial charge >= 0.3 is 0 Å². The monoisotopic (exact) mass is 411 g/mol. The van der Waals surface area contributed by atoms with Crippen molar-refractivity contribution < 1.29 is 13.2 Å². The fraction of sp³-hybridized carbons (Fsp3) is 0.250. The molecule has 1 atom stereocenters. The van der Waals surface area contributed by atoms with Gasteiger partial charge in [-0.1, -0.05) is 18.2 Å². The molecule has 1 saturated heterocycles. The van der Waals surface area contributed by atoms with Crippen molar-refractivity contribution in [2.24, 2.45) is 0 Å². The van der Waals surface area contributed by atoms with Crippen LogP contribution in [0.2, 0.25) is 0 Å². The first-order valence-corrected chi connectivity index (χ1v) is 11.1. The molecule has 1 amide bonds. The van der Waals surface area contributed by atoms with Crippen LogP contribution in [0.5, 0.6) is 0 Å². The van der Waals surface area contributed by atoms with Gasteiger partial charge in [0.05, 0.1) is 35.1 Å². The van der Waals surface area contributed by atoms with Gasteiger partial charge in [0.25, 0.3) is 0 Å². The van der Waals surface area contributed by atoms with Crippen molar-refractivity contribution in [1.82, 2.24) is 19.6 Å². The van der Waals surface area contributed by atoms with Gasteiger partial charge in [-0.15, -0.1) is 0 Å². The number of anilines is 1. The van der Waals surface area contributed by atoms with Crippen molar-refractivity contribution in [2.75, 3.05) is 16.8 Å². The van der Waals surface area contributed by atoms with Crippen LogP contribution >= 0.6 is 0 Å². The zero-order chi connectivity index (χ0) is 20.4. The molecule has 150 valence electrons. The molecule has 1 fully saturated rings. The summed E-state index contributed by atoms with van der Waals surface area (Å²) in [5.41, 5.74) is 2.44. The average Bonchev–Trinajstić information content (AvgIpc) is 3.39. The molecular formula is C20H21N5O3S. The first-order valence-electron chi connectivity index (χ1n) is 9.25. The van der Waals surface area contributed by atoms with E-state index in [1.165, 1.54) is 6.08 Å². The Balaban J connectivity index is 1.45. The van der Waals surface area contributed by atoms with Crippen LogP contribution in [0.15, 0.2) is 54.9 Å². The first-order chi connectivity index (χ1) is 13.9. The summed E-state index contributed by atoms with van der Waals surface area (Å²) in [5, 5.41) is 11.5. The second-order valence-corrected chi connectivity index (χ2v) is 9.28. The van der Waals surface area contributed by atoms with Gasteiger partial charge in [0.1, 0.15) is 5.82 Å². The molecule has 9 heteroatoms. The number of hydrogen-bond donors (Lipinski definition) is 1. The Morgan fingerprint density at radius 1 is 1.28 bits per heavy atom. The lowest BCUT2D eigenvalue weighted by molar-refractivity contribution is -0.111. The van der Waals surface area contributed by atoms with E-state index in [4.69, 9.17) is 0 Å². The number of benzene rings is 1. The number of rotatable bonds is 5.